The molecule has 0 atom stereocenters. The van der Waals surface area contributed by atoms with Crippen LogP contribution < -0.4 is 15.4 Å². The fourth-order valence-corrected chi connectivity index (χ4v) is 14.6. The van der Waals surface area contributed by atoms with E-state index in [1.165, 1.54) is 45.7 Å². The molecule has 0 radical (unpaired) electrons. The average molecular weight is 1480 g/mol. The second-order valence-corrected chi connectivity index (χ2v) is 31.8. The third-order valence-corrected chi connectivity index (χ3v) is 22.8. The Labute approximate surface area is 618 Å². The fourth-order valence-electron chi connectivity index (χ4n) is 11.7. The Hall–Kier alpha value is -9.18. The Morgan fingerprint density at radius 1 is 0.569 bits per heavy atom. The second kappa shape index (κ2) is 30.8. The van der Waals surface area contributed by atoms with Gasteiger partial charge in [0.25, 0.3) is 0 Å². The number of fused-ring (bicyclic) bond motifs is 2. The van der Waals surface area contributed by atoms with E-state index in [-0.39, 0.29) is 24.6 Å². The van der Waals surface area contributed by atoms with E-state index >= 15 is 9.59 Å². The average Bonchev–Trinajstić information content (AvgIpc) is 1.59. The smallest absolute Gasteiger partial charge is 0.342 e. The number of amides is 4. The number of nitrogens with one attached hydrogen (secondary N) is 2. The van der Waals surface area contributed by atoms with Crippen LogP contribution in [0.1, 0.15) is 68.6 Å². The number of phenols is 2. The monoisotopic (exact) mass is 1480 g/mol. The molecule has 12 aromatic rings. The van der Waals surface area contributed by atoms with Gasteiger partial charge < -0.3 is 19.8 Å². The van der Waals surface area contributed by atoms with Gasteiger partial charge in [0.1, 0.15) is 35.5 Å². The normalized spacial score (nSPS) is 12.8. The van der Waals surface area contributed by atoms with Crippen molar-refractivity contribution >= 4 is 105 Å². The van der Waals surface area contributed by atoms with Crippen molar-refractivity contribution in [3.63, 3.8) is 0 Å². The van der Waals surface area contributed by atoms with E-state index in [0.29, 0.717) is 97.2 Å². The standard InChI is InChI=1S/C75H76Cl2N16O5S4/c1-74(2,99-7)64-41-68(92(84-64)53-20-15-17-48(37-53)43-87-33-13-14-34-87)78-72(96)90(44-49-18-9-11-23-62(49)101-56-27-31-66-80-82-70(88(66)46-56)58-38-51(76)25-29-60(58)94)91(73(97)79-69-42-65(75(3,4)100-8)85-93(69)54-21-16-22-55(40-54)98-36-35-86(5)6)45-50-19-10-12-24-63(50)102-57-28-32-67-81-83-71(89(67)47-57)59-39-52(77)26-30-61(59)95/h9-12,15-32,37-42,46-47,94-95H,13-14,33-36,43-45H2,1-8H3,(H,78,96)(H,79,97). The molecule has 1 aliphatic rings. The van der Waals surface area contributed by atoms with E-state index in [2.05, 4.69) is 75.8 Å². The predicted molar refractivity (Wildman–Crippen MR) is 409 cm³/mol. The number of phenolic OH excluding ortho intramolecular Hbond substituents is 2. The number of ether oxygens (including phenoxy) is 1. The van der Waals surface area contributed by atoms with E-state index in [9.17, 15) is 10.2 Å². The Morgan fingerprint density at radius 3 is 1.54 bits per heavy atom. The minimum atomic E-state index is -0.665. The van der Waals surface area contributed by atoms with Crippen molar-refractivity contribution in [2.75, 3.05) is 63.5 Å². The Balaban J connectivity index is 0.954. The van der Waals surface area contributed by atoms with Crippen molar-refractivity contribution < 1.29 is 24.5 Å². The third-order valence-electron chi connectivity index (χ3n) is 17.7. The molecule has 13 rings (SSSR count). The summed E-state index contributed by atoms with van der Waals surface area (Å²) in [6.07, 6.45) is 10.1. The fraction of sp³-hybridized carbons (Fsp3) is 0.253. The number of likely N-dealkylation sites (tertiary alicyclic amines) is 1. The van der Waals surface area contributed by atoms with Crippen LogP contribution in [0.2, 0.25) is 10.0 Å². The first-order valence-electron chi connectivity index (χ1n) is 33.0. The number of nitrogens with zero attached hydrogens (tertiary/aromatic N) is 14. The summed E-state index contributed by atoms with van der Waals surface area (Å²) in [5.41, 5.74) is 7.18. The van der Waals surface area contributed by atoms with Crippen LogP contribution in [0.5, 0.6) is 17.2 Å². The zero-order valence-corrected chi connectivity index (χ0v) is 62.2. The molecule has 7 heterocycles. The molecule has 524 valence electrons. The number of aromatic nitrogens is 10. The van der Waals surface area contributed by atoms with Gasteiger partial charge >= 0.3 is 12.1 Å². The van der Waals surface area contributed by atoms with Crippen LogP contribution in [-0.2, 0) is 29.1 Å². The molecule has 0 aliphatic carbocycles. The summed E-state index contributed by atoms with van der Waals surface area (Å²) < 4.78 is 12.3. The maximum atomic E-state index is 16.6. The minimum absolute atomic E-state index is 0.00818. The number of thioether (sulfide) groups is 2. The van der Waals surface area contributed by atoms with Gasteiger partial charge in [-0.05, 0) is 194 Å². The van der Waals surface area contributed by atoms with Gasteiger partial charge in [0, 0.05) is 73.3 Å². The first-order chi connectivity index (χ1) is 49.2. The number of carbonyl (C=O) groups excluding carboxylic acids is 2. The van der Waals surface area contributed by atoms with Crippen molar-refractivity contribution in [3.05, 3.63) is 220 Å². The van der Waals surface area contributed by atoms with Gasteiger partial charge in [0.15, 0.2) is 22.9 Å². The lowest BCUT2D eigenvalue weighted by atomic mass is 10.1. The van der Waals surface area contributed by atoms with E-state index in [0.717, 1.165) is 69.0 Å². The van der Waals surface area contributed by atoms with Gasteiger partial charge in [-0.25, -0.2) is 29.0 Å². The summed E-state index contributed by atoms with van der Waals surface area (Å²) in [6.45, 7) is 12.0. The van der Waals surface area contributed by atoms with E-state index < -0.39 is 21.6 Å². The highest BCUT2D eigenvalue weighted by molar-refractivity contribution is 8.00. The molecule has 6 aromatic heterocycles. The number of benzene rings is 6. The van der Waals surface area contributed by atoms with Gasteiger partial charge in [-0.1, -0.05) is 101 Å². The second-order valence-electron chi connectivity index (χ2n) is 25.8. The van der Waals surface area contributed by atoms with Gasteiger partial charge in [-0.15, -0.1) is 20.4 Å². The van der Waals surface area contributed by atoms with Crippen molar-refractivity contribution in [2.45, 2.75) is 89.2 Å². The van der Waals surface area contributed by atoms with Crippen LogP contribution >= 0.6 is 70.2 Å². The van der Waals surface area contributed by atoms with E-state index in [1.54, 1.807) is 66.0 Å². The number of urea groups is 2. The summed E-state index contributed by atoms with van der Waals surface area (Å²) in [4.78, 5) is 40.8. The number of pyridine rings is 2. The highest BCUT2D eigenvalue weighted by Crippen LogP contribution is 2.41. The van der Waals surface area contributed by atoms with Crippen molar-refractivity contribution in [3.8, 4) is 51.4 Å². The van der Waals surface area contributed by atoms with Crippen LogP contribution in [0.4, 0.5) is 21.2 Å². The van der Waals surface area contributed by atoms with Gasteiger partial charge in [0.05, 0.1) is 56.5 Å². The quantitative estimate of drug-likeness (QED) is 0.0414. The summed E-state index contributed by atoms with van der Waals surface area (Å²) in [5.74, 6) is 2.09. The molecular weight excluding hydrogens is 1400 g/mol. The van der Waals surface area contributed by atoms with Crippen molar-refractivity contribution in [2.24, 2.45) is 0 Å². The molecule has 0 unspecified atom stereocenters. The van der Waals surface area contributed by atoms with Crippen LogP contribution in [0, 0.1) is 0 Å². The lowest BCUT2D eigenvalue weighted by molar-refractivity contribution is 0.0456. The van der Waals surface area contributed by atoms with Gasteiger partial charge in [0.2, 0.25) is 0 Å². The molecule has 1 aliphatic heterocycles. The molecule has 4 amide bonds. The molecule has 21 nitrogen and oxygen atoms in total. The Bertz CT molecular complexity index is 5050. The first kappa shape index (κ1) is 71.2. The molecule has 1 fully saturated rings. The molecule has 4 N–H and O–H groups in total. The topological polar surface area (TPSA) is 217 Å². The molecule has 27 heteroatoms. The molecular formula is C75H76Cl2N16O5S4. The Morgan fingerprint density at radius 2 is 1.05 bits per heavy atom. The molecule has 0 bridgehead atoms. The van der Waals surface area contributed by atoms with Crippen LogP contribution in [-0.4, -0.2) is 144 Å². The number of likely N-dealkylation sites (N-methyl/N-ethyl adjacent to an activating group) is 1. The summed E-state index contributed by atoms with van der Waals surface area (Å²) >= 11 is 19.1. The Kier molecular flexibility index (Phi) is 21.5. The van der Waals surface area contributed by atoms with Gasteiger partial charge in [-0.3, -0.25) is 24.3 Å². The largest absolute Gasteiger partial charge is 0.507 e. The maximum Gasteiger partial charge on any atom is 0.342 e. The van der Waals surface area contributed by atoms with Crippen molar-refractivity contribution in [1.29, 1.82) is 0 Å². The predicted octanol–water partition coefficient (Wildman–Crippen LogP) is 16.9. The maximum absolute atomic E-state index is 16.6. The zero-order valence-electron chi connectivity index (χ0n) is 57.5. The zero-order chi connectivity index (χ0) is 71.4. The van der Waals surface area contributed by atoms with Crippen LogP contribution in [0.25, 0.3) is 45.4 Å². The van der Waals surface area contributed by atoms with Gasteiger partial charge in [-0.2, -0.15) is 33.7 Å². The number of halogens is 2. The molecule has 1 saturated heterocycles. The highest BCUT2D eigenvalue weighted by Gasteiger charge is 2.34. The van der Waals surface area contributed by atoms with Crippen LogP contribution in [0.3, 0.4) is 0 Å². The third kappa shape index (κ3) is 16.0. The molecule has 102 heavy (non-hydrogen) atoms. The number of hydrogen-bond donors (Lipinski definition) is 4. The first-order valence-corrected chi connectivity index (χ1v) is 37.9. The highest BCUT2D eigenvalue weighted by atomic mass is 35.5. The lowest BCUT2D eigenvalue weighted by Gasteiger charge is -2.35. The number of carbonyl (C=O) groups is 2. The summed E-state index contributed by atoms with van der Waals surface area (Å²) in [6, 6.07) is 51.0. The minimum Gasteiger partial charge on any atom is -0.507 e. The summed E-state index contributed by atoms with van der Waals surface area (Å²) in [7, 11) is 3.98. The number of hydrazine groups is 1. The van der Waals surface area contributed by atoms with E-state index in [1.807, 2.05) is 165 Å². The van der Waals surface area contributed by atoms with E-state index in [4.69, 9.17) is 38.1 Å². The van der Waals surface area contributed by atoms with Crippen molar-refractivity contribution in [1.82, 2.24) is 68.6 Å². The van der Waals surface area contributed by atoms with Crippen LogP contribution in [0.15, 0.2) is 202 Å². The number of anilines is 2. The molecule has 0 saturated carbocycles. The number of hydrogen-bond acceptors (Lipinski definition) is 17. The summed E-state index contributed by atoms with van der Waals surface area (Å²) in [5, 5.41) is 60.8. The lowest BCUT2D eigenvalue weighted by Crippen LogP contribution is -2.52. The molecule has 6 aromatic carbocycles. The molecule has 0 spiro atoms. The SMILES string of the molecule is CSC(C)(C)c1cc(NC(=O)N(Cc2ccccc2Sc2ccc3nnc(-c4cc(Cl)ccc4O)n3c2)N(Cc2ccccc2Sc2ccc3nnc(-c4cc(Cl)ccc4O)n3c2)C(=O)Nc2cc(C(C)(C)SC)nn2-c2cccc(OCCN(C)C)c2)n(-c2cccc(CN3CCCC3)c2)n1. The number of aromatic hydroxyl groups is 2. The number of rotatable bonds is 24.